The van der Waals surface area contributed by atoms with Crippen LogP contribution in [0.4, 0.5) is 0 Å². The van der Waals surface area contributed by atoms with Crippen molar-refractivity contribution in [3.63, 3.8) is 0 Å². The summed E-state index contributed by atoms with van der Waals surface area (Å²) in [6, 6.07) is 0. The minimum atomic E-state index is -0.681. The Labute approximate surface area is 151 Å². The van der Waals surface area contributed by atoms with Crippen molar-refractivity contribution in [2.75, 3.05) is 0 Å². The summed E-state index contributed by atoms with van der Waals surface area (Å²) in [6.07, 6.45) is 23.0. The van der Waals surface area contributed by atoms with Gasteiger partial charge in [-0.05, 0) is 86.4 Å². The summed E-state index contributed by atoms with van der Waals surface area (Å²) >= 11 is 0. The van der Waals surface area contributed by atoms with Crippen LogP contribution in [0.25, 0.3) is 0 Å². The molecule has 0 aliphatic heterocycles. The van der Waals surface area contributed by atoms with Crippen molar-refractivity contribution in [1.82, 2.24) is 0 Å². The summed E-state index contributed by atoms with van der Waals surface area (Å²) in [5.41, 5.74) is 0.286. The van der Waals surface area contributed by atoms with Gasteiger partial charge in [-0.15, -0.1) is 6.42 Å². The van der Waals surface area contributed by atoms with E-state index in [2.05, 4.69) is 31.1 Å². The van der Waals surface area contributed by atoms with E-state index in [4.69, 9.17) is 11.2 Å². The molecular formula is C23H28O2. The predicted octanol–water partition coefficient (Wildman–Crippen LogP) is 4.56. The quantitative estimate of drug-likeness (QED) is 0.281. The second kappa shape index (κ2) is 6.57. The number of terminal acetylenes is 1. The zero-order chi connectivity index (χ0) is 17.4. The maximum Gasteiger partial charge on any atom is 0.398 e. The van der Waals surface area contributed by atoms with E-state index in [0.717, 1.165) is 36.0 Å². The minimum Gasteiger partial charge on any atom is -0.362 e. The predicted molar refractivity (Wildman–Crippen MR) is 97.8 cm³/mol. The lowest BCUT2D eigenvalue weighted by molar-refractivity contribution is -0.130. The molecule has 25 heavy (non-hydrogen) atoms. The van der Waals surface area contributed by atoms with Crippen LogP contribution >= 0.6 is 0 Å². The Bertz CT molecular complexity index is 672. The van der Waals surface area contributed by atoms with Gasteiger partial charge in [0.05, 0.1) is 0 Å². The van der Waals surface area contributed by atoms with Crippen LogP contribution in [-0.2, 0) is 9.53 Å². The molecule has 0 amide bonds. The summed E-state index contributed by atoms with van der Waals surface area (Å²) in [4.78, 5) is 11.1. The molecule has 0 aromatic carbocycles. The normalized spacial score (nSPS) is 44.3. The first-order valence-electron chi connectivity index (χ1n) is 9.96. The first kappa shape index (κ1) is 16.8. The second-order valence-electron chi connectivity index (χ2n) is 8.83. The molecule has 0 N–H and O–H groups in total. The molecule has 7 atom stereocenters. The van der Waals surface area contributed by atoms with Crippen LogP contribution in [0.15, 0.2) is 12.2 Å². The number of ether oxygens (including phenoxy) is 1. The zero-order valence-corrected chi connectivity index (χ0v) is 15.2. The van der Waals surface area contributed by atoms with E-state index >= 15 is 0 Å². The third kappa shape index (κ3) is 2.81. The number of esters is 1. The lowest BCUT2D eigenvalue weighted by atomic mass is 9.50. The van der Waals surface area contributed by atoms with E-state index in [0.29, 0.717) is 5.92 Å². The molecule has 2 heteroatoms. The van der Waals surface area contributed by atoms with Gasteiger partial charge in [0.25, 0.3) is 0 Å². The van der Waals surface area contributed by atoms with Crippen molar-refractivity contribution in [3.8, 4) is 24.4 Å². The van der Waals surface area contributed by atoms with E-state index in [1.165, 1.54) is 44.9 Å². The molecule has 4 rings (SSSR count). The van der Waals surface area contributed by atoms with Gasteiger partial charge in [0.15, 0.2) is 0 Å². The molecule has 3 fully saturated rings. The zero-order valence-electron chi connectivity index (χ0n) is 15.2. The van der Waals surface area contributed by atoms with Crippen LogP contribution in [0.2, 0.25) is 0 Å². The highest BCUT2D eigenvalue weighted by molar-refractivity contribution is 5.88. The van der Waals surface area contributed by atoms with Gasteiger partial charge >= 0.3 is 5.97 Å². The van der Waals surface area contributed by atoms with Crippen LogP contribution in [0.1, 0.15) is 58.3 Å². The van der Waals surface area contributed by atoms with Crippen LogP contribution in [0, 0.1) is 65.3 Å². The molecule has 0 spiro atoms. The van der Waals surface area contributed by atoms with E-state index in [1.807, 2.05) is 5.92 Å². The van der Waals surface area contributed by atoms with Gasteiger partial charge in [-0.2, -0.15) is 0 Å². The largest absolute Gasteiger partial charge is 0.398 e. The lowest BCUT2D eigenvalue weighted by Gasteiger charge is -2.54. The van der Waals surface area contributed by atoms with Gasteiger partial charge in [0.1, 0.15) is 6.11 Å². The van der Waals surface area contributed by atoms with Crippen molar-refractivity contribution in [2.24, 2.45) is 40.9 Å². The fourth-order valence-electron chi connectivity index (χ4n) is 6.83. The van der Waals surface area contributed by atoms with E-state index in [-0.39, 0.29) is 5.41 Å². The average Bonchev–Trinajstić information content (AvgIpc) is 2.98. The lowest BCUT2D eigenvalue weighted by Crippen LogP contribution is -2.47. The van der Waals surface area contributed by atoms with Crippen LogP contribution in [0.3, 0.4) is 0 Å². The molecule has 132 valence electrons. The third-order valence-electron chi connectivity index (χ3n) is 8.03. The summed E-state index contributed by atoms with van der Waals surface area (Å²) in [5, 5.41) is 0. The van der Waals surface area contributed by atoms with Crippen molar-refractivity contribution in [3.05, 3.63) is 12.2 Å². The number of carbonyl (C=O) groups is 1. The molecule has 0 heterocycles. The fraction of sp³-hybridized carbons (Fsp3) is 0.696. The first-order chi connectivity index (χ1) is 12.1. The van der Waals surface area contributed by atoms with Crippen molar-refractivity contribution in [2.45, 2.75) is 58.3 Å². The molecule has 1 unspecified atom stereocenters. The van der Waals surface area contributed by atoms with Crippen molar-refractivity contribution >= 4 is 5.97 Å². The monoisotopic (exact) mass is 336 g/mol. The Morgan fingerprint density at radius 1 is 1.08 bits per heavy atom. The molecule has 0 saturated heterocycles. The highest BCUT2D eigenvalue weighted by Crippen LogP contribution is 2.63. The first-order valence-corrected chi connectivity index (χ1v) is 9.96. The van der Waals surface area contributed by atoms with E-state index in [1.54, 1.807) is 0 Å². The number of carbonyl (C=O) groups excluding carboxylic acids is 1. The number of allylic oxidation sites excluding steroid dienone is 2. The SMILES string of the molecule is C#CC(=O)OC#C[C@@H]1CC[C@H]2[C@@H]3CCC4CC=CC[C@@H]4[C@H]3CC[C@]12C. The Morgan fingerprint density at radius 2 is 1.92 bits per heavy atom. The molecule has 4 aliphatic carbocycles. The Hall–Kier alpha value is -1.67. The minimum absolute atomic E-state index is 0.286. The molecular weight excluding hydrogens is 308 g/mol. The Balaban J connectivity index is 1.50. The Morgan fingerprint density at radius 3 is 2.76 bits per heavy atom. The summed E-state index contributed by atoms with van der Waals surface area (Å²) in [6.45, 7) is 2.44. The van der Waals surface area contributed by atoms with Crippen LogP contribution in [-0.4, -0.2) is 5.97 Å². The van der Waals surface area contributed by atoms with Gasteiger partial charge in [-0.3, -0.25) is 0 Å². The number of hydrogen-bond acceptors (Lipinski definition) is 2. The second-order valence-corrected chi connectivity index (χ2v) is 8.83. The maximum absolute atomic E-state index is 11.1. The molecule has 0 bridgehead atoms. The van der Waals surface area contributed by atoms with Gasteiger partial charge < -0.3 is 4.74 Å². The average molecular weight is 336 g/mol. The highest BCUT2D eigenvalue weighted by atomic mass is 16.5. The highest BCUT2D eigenvalue weighted by Gasteiger charge is 2.56. The summed E-state index contributed by atoms with van der Waals surface area (Å²) in [5.74, 6) is 9.31. The number of hydrogen-bond donors (Lipinski definition) is 0. The third-order valence-corrected chi connectivity index (χ3v) is 8.03. The van der Waals surface area contributed by atoms with E-state index < -0.39 is 5.97 Å². The van der Waals surface area contributed by atoms with Gasteiger partial charge in [0.2, 0.25) is 0 Å². The topological polar surface area (TPSA) is 26.3 Å². The van der Waals surface area contributed by atoms with Crippen molar-refractivity contribution in [1.29, 1.82) is 0 Å². The smallest absolute Gasteiger partial charge is 0.362 e. The van der Waals surface area contributed by atoms with Gasteiger partial charge in [-0.25, -0.2) is 4.79 Å². The molecule has 0 aromatic rings. The van der Waals surface area contributed by atoms with Crippen LogP contribution < -0.4 is 0 Å². The molecule has 0 aromatic heterocycles. The molecule has 4 aliphatic rings. The maximum atomic E-state index is 11.1. The fourth-order valence-corrected chi connectivity index (χ4v) is 6.83. The molecule has 0 radical (unpaired) electrons. The van der Waals surface area contributed by atoms with Gasteiger partial charge in [0, 0.05) is 11.8 Å². The summed E-state index contributed by atoms with van der Waals surface area (Å²) in [7, 11) is 0. The number of rotatable bonds is 0. The molecule has 3 saturated carbocycles. The van der Waals surface area contributed by atoms with Crippen LogP contribution in [0.5, 0.6) is 0 Å². The summed E-state index contributed by atoms with van der Waals surface area (Å²) < 4.78 is 4.81. The van der Waals surface area contributed by atoms with Gasteiger partial charge in [-0.1, -0.05) is 25.0 Å². The van der Waals surface area contributed by atoms with E-state index in [9.17, 15) is 4.79 Å². The van der Waals surface area contributed by atoms with Crippen molar-refractivity contribution < 1.29 is 9.53 Å². The number of fused-ring (bicyclic) bond motifs is 5. The standard InChI is InChI=1S/C23H28O2/c1-3-22(24)25-15-13-17-9-11-21-20-10-8-16-6-4-5-7-18(16)19(20)12-14-23(17,21)2/h1,4-5,16-21H,6-12,14H2,2H3/t16?,17-,18-,19+,20+,21-,23+/m0/s1. The Kier molecular flexibility index (Phi) is 4.41. The molecule has 2 nitrogen and oxygen atoms in total.